The Labute approximate surface area is 72.6 Å². The second-order valence-corrected chi connectivity index (χ2v) is 3.29. The molecule has 0 aromatic heterocycles. The number of alkyl halides is 3. The number of carbonyl (C=O) groups excluding carboxylic acids is 1. The maximum absolute atomic E-state index is 9.00. The standard InChI is InChI=1S/C2Cl3N.CH4N2O/c3-2(4,5)1-6;2-1(3)4/h;(H4,2,3,4). The quantitative estimate of drug-likeness (QED) is 0.574. The molecule has 7 heteroatoms. The first-order valence-electron chi connectivity index (χ1n) is 1.82. The Bertz CT molecular complexity index is 142. The molecule has 0 aromatic rings. The monoisotopic (exact) mass is 203 g/mol. The lowest BCUT2D eigenvalue weighted by atomic mass is 10.9. The van der Waals surface area contributed by atoms with Crippen LogP contribution in [-0.4, -0.2) is 9.82 Å². The second kappa shape index (κ2) is 5.42. The van der Waals surface area contributed by atoms with Gasteiger partial charge in [-0.25, -0.2) is 4.79 Å². The number of rotatable bonds is 0. The lowest BCUT2D eigenvalue weighted by Crippen LogP contribution is -2.18. The number of carbonyl (C=O) groups is 1. The number of hydrogen-bond acceptors (Lipinski definition) is 2. The average Bonchev–Trinajstić information content (AvgIpc) is 1.63. The van der Waals surface area contributed by atoms with Crippen LogP contribution >= 0.6 is 34.8 Å². The maximum atomic E-state index is 9.00. The van der Waals surface area contributed by atoms with Crippen molar-refractivity contribution in [2.24, 2.45) is 11.5 Å². The van der Waals surface area contributed by atoms with E-state index in [1.807, 2.05) is 0 Å². The number of nitrogens with zero attached hydrogens (tertiary/aromatic N) is 1. The van der Waals surface area contributed by atoms with Crippen LogP contribution in [0.5, 0.6) is 0 Å². The number of nitrogens with two attached hydrogens (primary N) is 2. The van der Waals surface area contributed by atoms with Gasteiger partial charge in [0, 0.05) is 0 Å². The summed E-state index contributed by atoms with van der Waals surface area (Å²) in [5, 5.41) is 7.76. The molecule has 0 atom stereocenters. The van der Waals surface area contributed by atoms with Gasteiger partial charge in [-0.2, -0.15) is 5.26 Å². The van der Waals surface area contributed by atoms with E-state index in [-0.39, 0.29) is 0 Å². The van der Waals surface area contributed by atoms with Gasteiger partial charge in [0.2, 0.25) is 0 Å². The summed E-state index contributed by atoms with van der Waals surface area (Å²) in [7, 11) is 0. The van der Waals surface area contributed by atoms with Crippen molar-refractivity contribution in [3.8, 4) is 6.07 Å². The van der Waals surface area contributed by atoms with Crippen molar-refractivity contribution < 1.29 is 4.79 Å². The van der Waals surface area contributed by atoms with Crippen LogP contribution in [0.25, 0.3) is 0 Å². The third-order valence-electron chi connectivity index (χ3n) is 0.127. The van der Waals surface area contributed by atoms with Gasteiger partial charge in [0.15, 0.2) is 0 Å². The van der Waals surface area contributed by atoms with E-state index in [9.17, 15) is 0 Å². The van der Waals surface area contributed by atoms with E-state index in [1.54, 1.807) is 0 Å². The lowest BCUT2D eigenvalue weighted by molar-refractivity contribution is 0.256. The molecule has 0 rings (SSSR count). The van der Waals surface area contributed by atoms with Gasteiger partial charge in [-0.1, -0.05) is 34.8 Å². The first kappa shape index (κ1) is 12.3. The van der Waals surface area contributed by atoms with E-state index in [0.717, 1.165) is 0 Å². The van der Waals surface area contributed by atoms with Crippen LogP contribution in [0.3, 0.4) is 0 Å². The highest BCUT2D eigenvalue weighted by molar-refractivity contribution is 6.69. The average molecular weight is 204 g/mol. The summed E-state index contributed by atoms with van der Waals surface area (Å²) in [6.45, 7) is 0. The molecule has 0 saturated heterocycles. The number of primary amides is 2. The van der Waals surface area contributed by atoms with Gasteiger partial charge in [-0.3, -0.25) is 0 Å². The molecule has 10 heavy (non-hydrogen) atoms. The Hall–Kier alpha value is -0.370. The van der Waals surface area contributed by atoms with Crippen molar-refractivity contribution >= 4 is 40.8 Å². The molecule has 0 aliphatic carbocycles. The summed E-state index contributed by atoms with van der Waals surface area (Å²) in [5.41, 5.74) is 8.50. The van der Waals surface area contributed by atoms with Crippen molar-refractivity contribution in [1.82, 2.24) is 0 Å². The summed E-state index contributed by atoms with van der Waals surface area (Å²) >= 11 is 14.7. The van der Waals surface area contributed by atoms with Gasteiger partial charge in [-0.05, 0) is 0 Å². The highest BCUT2D eigenvalue weighted by Gasteiger charge is 2.16. The van der Waals surface area contributed by atoms with Gasteiger partial charge in [0.05, 0.1) is 0 Å². The molecule has 0 bridgehead atoms. The van der Waals surface area contributed by atoms with Crippen LogP contribution in [0.4, 0.5) is 4.79 Å². The predicted octanol–water partition coefficient (Wildman–Crippen LogP) is 0.904. The molecular weight excluding hydrogens is 200 g/mol. The second-order valence-electron chi connectivity index (χ2n) is 1.01. The largest absolute Gasteiger partial charge is 0.352 e. The minimum atomic E-state index is -1.74. The fourth-order valence-electron chi connectivity index (χ4n) is 0. The molecule has 58 valence electrons. The lowest BCUT2D eigenvalue weighted by Gasteiger charge is -1.90. The molecule has 0 radical (unpaired) electrons. The van der Waals surface area contributed by atoms with Crippen molar-refractivity contribution in [3.05, 3.63) is 0 Å². The van der Waals surface area contributed by atoms with Crippen molar-refractivity contribution in [2.75, 3.05) is 0 Å². The number of amides is 2. The molecule has 2 amide bonds. The van der Waals surface area contributed by atoms with Gasteiger partial charge in [-0.15, -0.1) is 0 Å². The molecular formula is C3H4Cl3N3O. The van der Waals surface area contributed by atoms with Crippen LogP contribution in [-0.2, 0) is 0 Å². The van der Waals surface area contributed by atoms with Crippen molar-refractivity contribution in [1.29, 1.82) is 5.26 Å². The molecule has 0 spiro atoms. The highest BCUT2D eigenvalue weighted by atomic mass is 35.6. The molecule has 0 heterocycles. The highest BCUT2D eigenvalue weighted by Crippen LogP contribution is 2.23. The summed E-state index contributed by atoms with van der Waals surface area (Å²) in [4.78, 5) is 9.00. The Balaban J connectivity index is 0. The molecule has 4 N–H and O–H groups in total. The third-order valence-corrected chi connectivity index (χ3v) is 0.380. The number of halogens is 3. The first-order chi connectivity index (χ1) is 4.29. The molecule has 0 saturated carbocycles. The number of nitriles is 1. The molecule has 0 aliphatic heterocycles. The number of hydrogen-bond donors (Lipinski definition) is 2. The fourth-order valence-corrected chi connectivity index (χ4v) is 0. The molecule has 0 unspecified atom stereocenters. The summed E-state index contributed by atoms with van der Waals surface area (Å²) in [6, 6.07) is 0.567. The zero-order chi connectivity index (χ0) is 8.78. The Morgan fingerprint density at radius 1 is 1.40 bits per heavy atom. The van der Waals surface area contributed by atoms with Crippen LogP contribution < -0.4 is 11.5 Å². The van der Waals surface area contributed by atoms with Crippen LogP contribution in [0, 0.1) is 11.3 Å². The van der Waals surface area contributed by atoms with E-state index < -0.39 is 9.82 Å². The normalized spacial score (nSPS) is 8.60. The van der Waals surface area contributed by atoms with Gasteiger partial charge < -0.3 is 11.5 Å². The van der Waals surface area contributed by atoms with E-state index in [1.165, 1.54) is 6.07 Å². The van der Waals surface area contributed by atoms with Gasteiger partial charge >= 0.3 is 6.03 Å². The molecule has 4 nitrogen and oxygen atoms in total. The minimum Gasteiger partial charge on any atom is -0.352 e. The van der Waals surface area contributed by atoms with E-state index >= 15 is 0 Å². The van der Waals surface area contributed by atoms with E-state index in [0.29, 0.717) is 0 Å². The van der Waals surface area contributed by atoms with Crippen LogP contribution in [0.2, 0.25) is 0 Å². The zero-order valence-corrected chi connectivity index (χ0v) is 6.91. The van der Waals surface area contributed by atoms with Gasteiger partial charge in [0.25, 0.3) is 3.79 Å². The SMILES string of the molecule is N#CC(Cl)(Cl)Cl.NC(N)=O. The molecule has 0 aliphatic rings. The first-order valence-corrected chi connectivity index (χ1v) is 2.96. The Morgan fingerprint density at radius 3 is 1.50 bits per heavy atom. The maximum Gasteiger partial charge on any atom is 0.309 e. The predicted molar refractivity (Wildman–Crippen MR) is 39.7 cm³/mol. The zero-order valence-electron chi connectivity index (χ0n) is 4.64. The third kappa shape index (κ3) is 48.5. The molecule has 0 aromatic carbocycles. The number of urea groups is 1. The van der Waals surface area contributed by atoms with E-state index in [2.05, 4.69) is 11.5 Å². The van der Waals surface area contributed by atoms with Crippen LogP contribution in [0.15, 0.2) is 0 Å². The van der Waals surface area contributed by atoms with Crippen molar-refractivity contribution in [3.63, 3.8) is 0 Å². The van der Waals surface area contributed by atoms with Gasteiger partial charge in [0.1, 0.15) is 6.07 Å². The Kier molecular flexibility index (Phi) is 6.67. The molecule has 0 fully saturated rings. The van der Waals surface area contributed by atoms with Crippen molar-refractivity contribution in [2.45, 2.75) is 3.79 Å². The van der Waals surface area contributed by atoms with Crippen LogP contribution in [0.1, 0.15) is 0 Å². The summed E-state index contributed by atoms with van der Waals surface area (Å²) < 4.78 is -1.74. The minimum absolute atomic E-state index is 0.833. The topological polar surface area (TPSA) is 92.9 Å². The fraction of sp³-hybridized carbons (Fsp3) is 0.333. The summed E-state index contributed by atoms with van der Waals surface area (Å²) in [6.07, 6.45) is 0. The van der Waals surface area contributed by atoms with E-state index in [4.69, 9.17) is 44.9 Å². The Morgan fingerprint density at radius 2 is 1.50 bits per heavy atom. The summed E-state index contributed by atoms with van der Waals surface area (Å²) in [5.74, 6) is 0. The smallest absolute Gasteiger partial charge is 0.309 e.